The first-order chi connectivity index (χ1) is 43.3. The number of aliphatic hydroxyl groups is 1. The zero-order valence-corrected chi connectivity index (χ0v) is 54.1. The summed E-state index contributed by atoms with van der Waals surface area (Å²) in [7, 11) is 0. The van der Waals surface area contributed by atoms with Crippen LogP contribution in [0.2, 0.25) is 0 Å². The molecule has 3 aromatic carbocycles. The van der Waals surface area contributed by atoms with Gasteiger partial charge in [0.25, 0.3) is 0 Å². The Balaban J connectivity index is 0.605. The van der Waals surface area contributed by atoms with Crippen molar-refractivity contribution in [1.29, 1.82) is 0 Å². The first-order valence-corrected chi connectivity index (χ1v) is 33.3. The molecule has 0 radical (unpaired) electrons. The number of β-amino-alcohol motifs (C(OH)–C–C–N with tert-alkyl or cyclic N) is 1. The molecule has 4 amide bonds. The number of aromatic nitrogens is 5. The normalized spacial score (nSPS) is 16.7. The third-order valence-corrected chi connectivity index (χ3v) is 19.7. The van der Waals surface area contributed by atoms with Gasteiger partial charge < -0.3 is 45.6 Å². The lowest BCUT2D eigenvalue weighted by Gasteiger charge is -2.35. The maximum absolute atomic E-state index is 15.3. The number of hydrogen-bond acceptors (Lipinski definition) is 18. The van der Waals surface area contributed by atoms with E-state index in [-0.39, 0.29) is 61.2 Å². The Morgan fingerprint density at radius 2 is 1.66 bits per heavy atom. The van der Waals surface area contributed by atoms with Gasteiger partial charge in [-0.3, -0.25) is 24.1 Å². The highest BCUT2D eigenvalue weighted by atomic mass is 32.1. The summed E-state index contributed by atoms with van der Waals surface area (Å²) in [6.45, 7) is 15.1. The third kappa shape index (κ3) is 16.0. The van der Waals surface area contributed by atoms with Crippen molar-refractivity contribution in [3.8, 4) is 28.0 Å². The lowest BCUT2D eigenvalue weighted by molar-refractivity contribution is -0.144. The molecule has 0 aliphatic carbocycles. The summed E-state index contributed by atoms with van der Waals surface area (Å²) in [5.41, 5.74) is 7.39. The van der Waals surface area contributed by atoms with Crippen LogP contribution in [-0.4, -0.2) is 150 Å². The summed E-state index contributed by atoms with van der Waals surface area (Å²) in [4.78, 5) is 89.4. The summed E-state index contributed by atoms with van der Waals surface area (Å²) < 4.78 is 22.2. The Morgan fingerprint density at radius 3 is 2.38 bits per heavy atom. The first-order valence-electron chi connectivity index (χ1n) is 30.8. The molecule has 7 heterocycles. The van der Waals surface area contributed by atoms with Gasteiger partial charge in [-0.1, -0.05) is 93.2 Å². The van der Waals surface area contributed by atoms with E-state index in [0.717, 1.165) is 73.9 Å². The number of anilines is 4. The lowest BCUT2D eigenvalue weighted by atomic mass is 9.85. The number of amides is 4. The molecule has 0 spiro atoms. The van der Waals surface area contributed by atoms with E-state index >= 15 is 4.39 Å². The number of nitrogens with one attached hydrogen (secondary N) is 3. The lowest BCUT2D eigenvalue weighted by Crippen LogP contribution is -2.57. The van der Waals surface area contributed by atoms with E-state index in [0.29, 0.717) is 98.6 Å². The van der Waals surface area contributed by atoms with Crippen molar-refractivity contribution in [3.05, 3.63) is 117 Å². The van der Waals surface area contributed by atoms with Crippen LogP contribution < -0.4 is 25.6 Å². The van der Waals surface area contributed by atoms with Gasteiger partial charge in [-0.05, 0) is 106 Å². The van der Waals surface area contributed by atoms with Crippen LogP contribution in [0.25, 0.3) is 20.7 Å². The molecular formula is C66H77FN12O8S3. The summed E-state index contributed by atoms with van der Waals surface area (Å²) in [6, 6.07) is 18.3. The molecule has 474 valence electrons. The number of likely N-dealkylation sites (tertiary alicyclic amines) is 1. The van der Waals surface area contributed by atoms with Crippen LogP contribution in [0.1, 0.15) is 135 Å². The van der Waals surface area contributed by atoms with Gasteiger partial charge in [0.05, 0.1) is 51.6 Å². The van der Waals surface area contributed by atoms with E-state index in [1.54, 1.807) is 34.8 Å². The predicted molar refractivity (Wildman–Crippen MR) is 348 cm³/mol. The molecular weight excluding hydrogens is 1200 g/mol. The number of carboxylic acids is 1. The first kappa shape index (κ1) is 65.0. The van der Waals surface area contributed by atoms with Crippen LogP contribution in [0, 0.1) is 36.9 Å². The zero-order chi connectivity index (χ0) is 63.6. The summed E-state index contributed by atoms with van der Waals surface area (Å²) in [6.07, 6.45) is 5.02. The summed E-state index contributed by atoms with van der Waals surface area (Å²) >= 11 is 4.41. The van der Waals surface area contributed by atoms with Crippen molar-refractivity contribution >= 4 is 95.7 Å². The smallest absolute Gasteiger partial charge is 0.355 e. The molecule has 3 aliphatic rings. The Morgan fingerprint density at radius 1 is 0.889 bits per heavy atom. The van der Waals surface area contributed by atoms with Crippen molar-refractivity contribution in [2.45, 2.75) is 136 Å². The van der Waals surface area contributed by atoms with Crippen LogP contribution in [0.15, 0.2) is 72.2 Å². The molecule has 3 aliphatic heterocycles. The molecule has 4 aromatic heterocycles. The molecule has 7 aromatic rings. The van der Waals surface area contributed by atoms with Gasteiger partial charge >= 0.3 is 5.97 Å². The number of thiazole rings is 3. The Bertz CT molecular complexity index is 3760. The van der Waals surface area contributed by atoms with Gasteiger partial charge in [0.2, 0.25) is 23.6 Å². The van der Waals surface area contributed by atoms with Gasteiger partial charge in [0, 0.05) is 80.1 Å². The quantitative estimate of drug-likeness (QED) is 0.0295. The minimum absolute atomic E-state index is 0.0108. The molecule has 0 saturated carbocycles. The van der Waals surface area contributed by atoms with Crippen molar-refractivity contribution < 1.29 is 43.3 Å². The van der Waals surface area contributed by atoms with Gasteiger partial charge in [0.15, 0.2) is 39.2 Å². The minimum Gasteiger partial charge on any atom is -0.491 e. The fourth-order valence-electron chi connectivity index (χ4n) is 11.5. The molecule has 90 heavy (non-hydrogen) atoms. The molecule has 5 N–H and O–H groups in total. The van der Waals surface area contributed by atoms with Crippen LogP contribution >= 0.6 is 34.0 Å². The SMILES string of the molecule is Cc1ncsc1-c1ccc([C@H](C)NC(=O)[C@H]2C[C@@H](O)CN2C(=O)[C@H](NC(=O)CCCCCCC(=O)N2CCN(CC#Cc3ccc(OCCCc4sc(N5CCCc6c5nnc(Nc5nc7ccccc7s5)c6C)nc4C(=O)O)c(F)c3)CC2)C(C)(C)C)cc1. The number of carboxylic acid groups (broad SMARTS) is 1. The van der Waals surface area contributed by atoms with Gasteiger partial charge in [-0.15, -0.1) is 32.9 Å². The average molecular weight is 1280 g/mol. The second kappa shape index (κ2) is 29.3. The van der Waals surface area contributed by atoms with Crippen LogP contribution in [0.4, 0.5) is 26.3 Å². The maximum Gasteiger partial charge on any atom is 0.355 e. The number of para-hydroxylation sites is 1. The van der Waals surface area contributed by atoms with E-state index in [2.05, 4.69) is 57.8 Å². The fraction of sp³-hybridized carbons (Fsp3) is 0.455. The minimum atomic E-state index is -1.13. The molecule has 24 heteroatoms. The number of unbranched alkanes of at least 4 members (excludes halogenated alkanes) is 3. The summed E-state index contributed by atoms with van der Waals surface area (Å²) in [5, 5.41) is 40.5. The molecule has 0 unspecified atom stereocenters. The van der Waals surface area contributed by atoms with Crippen molar-refractivity contribution in [1.82, 2.24) is 50.5 Å². The monoisotopic (exact) mass is 1280 g/mol. The number of carbonyl (C=O) groups excluding carboxylic acids is 4. The van der Waals surface area contributed by atoms with E-state index in [1.165, 1.54) is 22.3 Å². The van der Waals surface area contributed by atoms with Crippen LogP contribution in [-0.2, 0) is 32.0 Å². The Kier molecular flexibility index (Phi) is 21.2. The van der Waals surface area contributed by atoms with E-state index in [4.69, 9.17) is 4.74 Å². The molecule has 20 nitrogen and oxygen atoms in total. The molecule has 4 atom stereocenters. The largest absolute Gasteiger partial charge is 0.491 e. The Labute approximate surface area is 535 Å². The number of benzene rings is 3. The highest BCUT2D eigenvalue weighted by molar-refractivity contribution is 7.22. The van der Waals surface area contributed by atoms with Gasteiger partial charge in [0.1, 0.15) is 12.1 Å². The number of carbonyl (C=O) groups is 5. The third-order valence-electron chi connectivity index (χ3n) is 16.6. The number of ether oxygens (including phenoxy) is 1. The number of halogens is 1. The molecule has 2 fully saturated rings. The number of rotatable bonds is 23. The second-order valence-corrected chi connectivity index (χ2v) is 27.2. The number of aromatic carboxylic acids is 1. The number of piperazine rings is 1. The fourth-order valence-corrected chi connectivity index (χ4v) is 14.3. The van der Waals surface area contributed by atoms with E-state index in [9.17, 15) is 34.2 Å². The van der Waals surface area contributed by atoms with Crippen molar-refractivity contribution in [2.24, 2.45) is 5.41 Å². The van der Waals surface area contributed by atoms with E-state index < -0.39 is 41.3 Å². The predicted octanol–water partition coefficient (Wildman–Crippen LogP) is 10.2. The van der Waals surface area contributed by atoms with Crippen molar-refractivity contribution in [3.63, 3.8) is 0 Å². The molecule has 0 bridgehead atoms. The Hall–Kier alpha value is -7.95. The number of aliphatic hydroxyl groups excluding tert-OH is 1. The van der Waals surface area contributed by atoms with Gasteiger partial charge in [-0.25, -0.2) is 24.1 Å². The average Bonchev–Trinajstić information content (AvgIpc) is 1.66. The van der Waals surface area contributed by atoms with Crippen LogP contribution in [0.5, 0.6) is 5.75 Å². The topological polar surface area (TPSA) is 249 Å². The highest BCUT2D eigenvalue weighted by Crippen LogP contribution is 2.40. The van der Waals surface area contributed by atoms with Crippen LogP contribution in [0.3, 0.4) is 0 Å². The van der Waals surface area contributed by atoms with Crippen molar-refractivity contribution in [2.75, 3.05) is 62.6 Å². The van der Waals surface area contributed by atoms with E-state index in [1.807, 2.05) is 105 Å². The molecule has 2 saturated heterocycles. The second-order valence-electron chi connectivity index (χ2n) is 24.3. The summed E-state index contributed by atoms with van der Waals surface area (Å²) in [5.74, 6) is 4.92. The number of hydrogen-bond donors (Lipinski definition) is 5. The highest BCUT2D eigenvalue weighted by Gasteiger charge is 2.45. The molecule has 10 rings (SSSR count). The van der Waals surface area contributed by atoms with Gasteiger partial charge in [-0.2, -0.15) is 0 Å². The maximum atomic E-state index is 15.3. The zero-order valence-electron chi connectivity index (χ0n) is 51.6. The standard InChI is InChI=1S/C66H77FN12O8S3/c1-40-47-17-14-30-78(60(47)75-74-59(40)73-64-70-49-18-11-12-19-52(49)89-64)65-72-56(63(85)86)53(90-65)20-15-35-87-51-28-23-43(36-48(51)67)16-13-29-76-31-33-77(34-32-76)55(82)22-10-8-7-9-21-54(81)71-58(66(4,5)6)62(84)79-38-46(80)37-50(79)61(83)69-41(2)44-24-26-45(27-25-44)57-42(3)68-39-88-57/h11-12,18-19,23-28,36,39,41,46,50,58,80H,7-10,14-15,17,20-22,29-35,37-38H2,1-6H3,(H,69,83)(H,71,81)(H,85,86)(H,70,73,74)/t41-,46+,50+,58-/m0/s1. The number of aryl methyl sites for hydroxylation is 2. The number of fused-ring (bicyclic) bond motifs is 2. The number of nitrogens with zero attached hydrogens (tertiary/aromatic N) is 9.